The van der Waals surface area contributed by atoms with Gasteiger partial charge in [-0.15, -0.1) is 10.2 Å². The average molecular weight is 423 g/mol. The lowest BCUT2D eigenvalue weighted by molar-refractivity contribution is -0.119. The zero-order valence-corrected chi connectivity index (χ0v) is 17.9. The molecule has 1 heterocycles. The highest BCUT2D eigenvalue weighted by Crippen LogP contribution is 2.33. The first-order valence-corrected chi connectivity index (χ1v) is 11.3. The van der Waals surface area contributed by atoms with E-state index >= 15 is 0 Å². The number of carbonyl (C=O) groups is 1. The molecule has 1 aliphatic carbocycles. The van der Waals surface area contributed by atoms with Crippen LogP contribution in [-0.2, 0) is 4.79 Å². The van der Waals surface area contributed by atoms with Crippen molar-refractivity contribution in [2.24, 2.45) is 0 Å². The number of hydrogen-bond acceptors (Lipinski definition) is 5. The number of carbonyl (C=O) groups excluding carboxylic acids is 1. The minimum atomic E-state index is 0.0494. The van der Waals surface area contributed by atoms with E-state index in [4.69, 9.17) is 4.74 Å². The quantitative estimate of drug-likeness (QED) is 0.569. The molecule has 1 aliphatic rings. The van der Waals surface area contributed by atoms with E-state index in [0.29, 0.717) is 22.8 Å². The van der Waals surface area contributed by atoms with Crippen molar-refractivity contribution in [1.82, 2.24) is 20.1 Å². The van der Waals surface area contributed by atoms with Gasteiger partial charge in [0.25, 0.3) is 0 Å². The molecule has 3 aromatic rings. The van der Waals surface area contributed by atoms with Crippen molar-refractivity contribution >= 4 is 17.7 Å². The fraction of sp³-hybridized carbons (Fsp3) is 0.348. The number of nitrogens with one attached hydrogen (secondary N) is 1. The molecule has 1 amide bonds. The van der Waals surface area contributed by atoms with Gasteiger partial charge in [-0.3, -0.25) is 9.36 Å². The number of para-hydroxylation sites is 2. The first kappa shape index (κ1) is 20.5. The van der Waals surface area contributed by atoms with Crippen LogP contribution in [0.4, 0.5) is 0 Å². The third kappa shape index (κ3) is 4.67. The van der Waals surface area contributed by atoms with Crippen LogP contribution in [0.1, 0.15) is 32.1 Å². The van der Waals surface area contributed by atoms with E-state index in [9.17, 15) is 4.79 Å². The summed E-state index contributed by atoms with van der Waals surface area (Å²) in [4.78, 5) is 12.5. The molecule has 0 spiro atoms. The third-order valence-corrected chi connectivity index (χ3v) is 6.23. The van der Waals surface area contributed by atoms with Crippen molar-refractivity contribution in [3.63, 3.8) is 0 Å². The van der Waals surface area contributed by atoms with Gasteiger partial charge < -0.3 is 10.1 Å². The Morgan fingerprint density at radius 3 is 2.57 bits per heavy atom. The van der Waals surface area contributed by atoms with Crippen LogP contribution < -0.4 is 10.1 Å². The number of methoxy groups -OCH3 is 1. The Kier molecular flexibility index (Phi) is 6.69. The smallest absolute Gasteiger partial charge is 0.230 e. The van der Waals surface area contributed by atoms with Gasteiger partial charge in [0.2, 0.25) is 5.91 Å². The summed E-state index contributed by atoms with van der Waals surface area (Å²) in [5, 5.41) is 12.7. The Morgan fingerprint density at radius 1 is 1.07 bits per heavy atom. The molecule has 1 saturated carbocycles. The van der Waals surface area contributed by atoms with Crippen molar-refractivity contribution in [3.05, 3.63) is 54.6 Å². The molecule has 7 heteroatoms. The van der Waals surface area contributed by atoms with Crippen molar-refractivity contribution in [2.75, 3.05) is 12.9 Å². The van der Waals surface area contributed by atoms with Gasteiger partial charge in [0.1, 0.15) is 5.75 Å². The Hall–Kier alpha value is -2.80. The van der Waals surface area contributed by atoms with E-state index in [1.54, 1.807) is 7.11 Å². The Labute approximate surface area is 181 Å². The van der Waals surface area contributed by atoms with Gasteiger partial charge in [-0.25, -0.2) is 0 Å². The maximum absolute atomic E-state index is 12.5. The molecule has 0 atom stereocenters. The highest BCUT2D eigenvalue weighted by atomic mass is 32.2. The molecule has 156 valence electrons. The number of amides is 1. The molecule has 6 nitrogen and oxygen atoms in total. The summed E-state index contributed by atoms with van der Waals surface area (Å²) in [5.41, 5.74) is 1.80. The van der Waals surface area contributed by atoms with Gasteiger partial charge in [-0.2, -0.15) is 0 Å². The van der Waals surface area contributed by atoms with Crippen LogP contribution in [0, 0.1) is 0 Å². The second-order valence-corrected chi connectivity index (χ2v) is 8.31. The number of rotatable bonds is 7. The summed E-state index contributed by atoms with van der Waals surface area (Å²) in [6.45, 7) is 0. The first-order valence-electron chi connectivity index (χ1n) is 10.3. The molecule has 0 unspecified atom stereocenters. The maximum Gasteiger partial charge on any atom is 0.230 e. The molecular weight excluding hydrogens is 396 g/mol. The molecule has 0 bridgehead atoms. The Bertz CT molecular complexity index is 984. The van der Waals surface area contributed by atoms with E-state index in [1.807, 2.05) is 59.2 Å². The number of benzene rings is 2. The van der Waals surface area contributed by atoms with Crippen LogP contribution in [0.3, 0.4) is 0 Å². The molecule has 0 radical (unpaired) electrons. The molecule has 4 rings (SSSR count). The molecule has 1 aromatic heterocycles. The second kappa shape index (κ2) is 9.80. The van der Waals surface area contributed by atoms with Gasteiger partial charge in [-0.05, 0) is 37.1 Å². The summed E-state index contributed by atoms with van der Waals surface area (Å²) in [6.07, 6.45) is 5.82. The van der Waals surface area contributed by atoms with Crippen LogP contribution in [0.15, 0.2) is 59.8 Å². The predicted molar refractivity (Wildman–Crippen MR) is 119 cm³/mol. The number of nitrogens with zero attached hydrogens (tertiary/aromatic N) is 3. The molecular formula is C23H26N4O2S. The summed E-state index contributed by atoms with van der Waals surface area (Å²) >= 11 is 1.40. The van der Waals surface area contributed by atoms with Crippen LogP contribution in [0.2, 0.25) is 0 Å². The van der Waals surface area contributed by atoms with Crippen LogP contribution in [0.5, 0.6) is 5.75 Å². The van der Waals surface area contributed by atoms with Crippen molar-refractivity contribution in [3.8, 4) is 22.8 Å². The Morgan fingerprint density at radius 2 is 1.80 bits per heavy atom. The number of ether oxygens (including phenoxy) is 1. The standard InChI is InChI=1S/C23H26N4O2S/c1-29-20-15-9-8-14-19(20)22-25-26-23(27(22)18-12-6-3-7-13-18)30-16-21(28)24-17-10-4-2-5-11-17/h3,6-9,12-15,17H,2,4-5,10-11,16H2,1H3,(H,24,28). The van der Waals surface area contributed by atoms with E-state index in [1.165, 1.54) is 31.0 Å². The zero-order chi connectivity index (χ0) is 20.8. The summed E-state index contributed by atoms with van der Waals surface area (Å²) in [7, 11) is 1.65. The predicted octanol–water partition coefficient (Wildman–Crippen LogP) is 4.48. The van der Waals surface area contributed by atoms with Gasteiger partial charge in [0.15, 0.2) is 11.0 Å². The van der Waals surface area contributed by atoms with Gasteiger partial charge in [0, 0.05) is 11.7 Å². The zero-order valence-electron chi connectivity index (χ0n) is 17.1. The lowest BCUT2D eigenvalue weighted by Crippen LogP contribution is -2.37. The van der Waals surface area contributed by atoms with E-state index in [-0.39, 0.29) is 5.91 Å². The first-order chi connectivity index (χ1) is 14.8. The van der Waals surface area contributed by atoms with Crippen LogP contribution in [-0.4, -0.2) is 39.6 Å². The Balaban J connectivity index is 1.59. The van der Waals surface area contributed by atoms with Gasteiger partial charge >= 0.3 is 0 Å². The SMILES string of the molecule is COc1ccccc1-c1nnc(SCC(=O)NC2CCCCC2)n1-c1ccccc1. The normalized spacial score (nSPS) is 14.4. The summed E-state index contributed by atoms with van der Waals surface area (Å²) in [6, 6.07) is 18.0. The summed E-state index contributed by atoms with van der Waals surface area (Å²) in [5.74, 6) is 1.78. The molecule has 0 saturated heterocycles. The van der Waals surface area contributed by atoms with E-state index < -0.39 is 0 Å². The topological polar surface area (TPSA) is 69.0 Å². The minimum absolute atomic E-state index is 0.0494. The molecule has 2 aromatic carbocycles. The third-order valence-electron chi connectivity index (χ3n) is 5.30. The molecule has 0 aliphatic heterocycles. The number of aromatic nitrogens is 3. The molecule has 30 heavy (non-hydrogen) atoms. The van der Waals surface area contributed by atoms with Crippen LogP contribution in [0.25, 0.3) is 17.1 Å². The highest BCUT2D eigenvalue weighted by Gasteiger charge is 2.21. The maximum atomic E-state index is 12.5. The lowest BCUT2D eigenvalue weighted by Gasteiger charge is -2.22. The van der Waals surface area contributed by atoms with Crippen molar-refractivity contribution < 1.29 is 9.53 Å². The lowest BCUT2D eigenvalue weighted by atomic mass is 9.95. The minimum Gasteiger partial charge on any atom is -0.496 e. The van der Waals surface area contributed by atoms with E-state index in [0.717, 1.165) is 29.8 Å². The second-order valence-electron chi connectivity index (χ2n) is 7.37. The fourth-order valence-electron chi connectivity index (χ4n) is 3.82. The largest absolute Gasteiger partial charge is 0.496 e. The highest BCUT2D eigenvalue weighted by molar-refractivity contribution is 7.99. The fourth-order valence-corrected chi connectivity index (χ4v) is 4.59. The van der Waals surface area contributed by atoms with Gasteiger partial charge in [-0.1, -0.05) is 61.4 Å². The number of hydrogen-bond donors (Lipinski definition) is 1. The molecule has 1 N–H and O–H groups in total. The summed E-state index contributed by atoms with van der Waals surface area (Å²) < 4.78 is 7.51. The van der Waals surface area contributed by atoms with E-state index in [2.05, 4.69) is 15.5 Å². The monoisotopic (exact) mass is 422 g/mol. The average Bonchev–Trinajstić information content (AvgIpc) is 3.22. The number of thioether (sulfide) groups is 1. The van der Waals surface area contributed by atoms with Crippen LogP contribution >= 0.6 is 11.8 Å². The molecule has 1 fully saturated rings. The van der Waals surface area contributed by atoms with Crippen molar-refractivity contribution in [2.45, 2.75) is 43.3 Å². The van der Waals surface area contributed by atoms with Crippen molar-refractivity contribution in [1.29, 1.82) is 0 Å². The van der Waals surface area contributed by atoms with Gasteiger partial charge in [0.05, 0.1) is 18.4 Å².